The minimum absolute atomic E-state index is 0.124. The summed E-state index contributed by atoms with van der Waals surface area (Å²) in [6, 6.07) is 33.9. The van der Waals surface area contributed by atoms with E-state index >= 15 is 0 Å². The van der Waals surface area contributed by atoms with Crippen LogP contribution in [0.3, 0.4) is 0 Å². The highest BCUT2D eigenvalue weighted by molar-refractivity contribution is 5.98. The SMILES string of the molecule is COc1ccc(C(=O)Cc2ccccc2)cc1.COc1ccc(CC(=O)c2ccccc2)cc1. The predicted octanol–water partition coefficient (Wildman–Crippen LogP) is 6.24. The Labute approximate surface area is 200 Å². The van der Waals surface area contributed by atoms with Crippen LogP contribution in [-0.4, -0.2) is 25.8 Å². The third-order valence-electron chi connectivity index (χ3n) is 5.24. The molecule has 0 aromatic heterocycles. The Morgan fingerprint density at radius 2 is 0.882 bits per heavy atom. The van der Waals surface area contributed by atoms with Gasteiger partial charge < -0.3 is 9.47 Å². The van der Waals surface area contributed by atoms with Crippen LogP contribution in [0, 0.1) is 0 Å². The standard InChI is InChI=1S/2C15H14O2/c1-17-14-9-7-12(8-10-14)11-15(16)13-5-3-2-4-6-13;1-17-14-9-7-13(8-10-14)15(16)11-12-5-3-2-4-6-12/h2*2-10H,11H2,1H3. The molecule has 0 saturated carbocycles. The third-order valence-corrected chi connectivity index (χ3v) is 5.24. The Balaban J connectivity index is 0.000000191. The molecule has 4 aromatic carbocycles. The van der Waals surface area contributed by atoms with Crippen LogP contribution in [0.4, 0.5) is 0 Å². The first kappa shape index (κ1) is 24.5. The Kier molecular flexibility index (Phi) is 9.18. The summed E-state index contributed by atoms with van der Waals surface area (Å²) < 4.78 is 10.1. The van der Waals surface area contributed by atoms with Crippen molar-refractivity contribution in [1.82, 2.24) is 0 Å². The Bertz CT molecular complexity index is 1170. The van der Waals surface area contributed by atoms with Crippen molar-refractivity contribution in [2.75, 3.05) is 14.2 Å². The van der Waals surface area contributed by atoms with Gasteiger partial charge in [-0.2, -0.15) is 0 Å². The minimum atomic E-state index is 0.124. The number of carbonyl (C=O) groups excluding carboxylic acids is 2. The fourth-order valence-corrected chi connectivity index (χ4v) is 3.32. The molecule has 0 fully saturated rings. The van der Waals surface area contributed by atoms with E-state index in [4.69, 9.17) is 9.47 Å². The first-order chi connectivity index (χ1) is 16.6. The summed E-state index contributed by atoms with van der Waals surface area (Å²) >= 11 is 0. The second kappa shape index (κ2) is 12.8. The number of rotatable bonds is 8. The Morgan fingerprint density at radius 3 is 1.35 bits per heavy atom. The van der Waals surface area contributed by atoms with Crippen LogP contribution in [0.2, 0.25) is 0 Å². The number of benzene rings is 4. The molecule has 0 saturated heterocycles. The lowest BCUT2D eigenvalue weighted by Crippen LogP contribution is -2.03. The maximum absolute atomic E-state index is 12.0. The molecule has 4 nitrogen and oxygen atoms in total. The van der Waals surface area contributed by atoms with E-state index in [0.717, 1.165) is 33.8 Å². The number of ether oxygens (including phenoxy) is 2. The normalized spacial score (nSPS) is 9.94. The van der Waals surface area contributed by atoms with Crippen molar-refractivity contribution in [2.45, 2.75) is 12.8 Å². The molecule has 4 heteroatoms. The van der Waals surface area contributed by atoms with Crippen LogP contribution >= 0.6 is 0 Å². The molecule has 34 heavy (non-hydrogen) atoms. The van der Waals surface area contributed by atoms with Crippen LogP contribution in [0.5, 0.6) is 11.5 Å². The van der Waals surface area contributed by atoms with E-state index in [1.54, 1.807) is 38.5 Å². The fourth-order valence-electron chi connectivity index (χ4n) is 3.32. The summed E-state index contributed by atoms with van der Waals surface area (Å²) in [4.78, 5) is 23.9. The zero-order chi connectivity index (χ0) is 24.2. The van der Waals surface area contributed by atoms with Gasteiger partial charge in [0.1, 0.15) is 11.5 Å². The van der Waals surface area contributed by atoms with Gasteiger partial charge in [0.2, 0.25) is 0 Å². The zero-order valence-electron chi connectivity index (χ0n) is 19.4. The monoisotopic (exact) mass is 452 g/mol. The van der Waals surface area contributed by atoms with Gasteiger partial charge in [0.15, 0.2) is 11.6 Å². The lowest BCUT2D eigenvalue weighted by atomic mass is 10.0. The summed E-state index contributed by atoms with van der Waals surface area (Å²) in [7, 11) is 3.24. The molecule has 4 rings (SSSR count). The van der Waals surface area contributed by atoms with Crippen molar-refractivity contribution in [1.29, 1.82) is 0 Å². The zero-order valence-corrected chi connectivity index (χ0v) is 19.4. The number of hydrogen-bond acceptors (Lipinski definition) is 4. The van der Waals surface area contributed by atoms with Gasteiger partial charge in [-0.25, -0.2) is 0 Å². The van der Waals surface area contributed by atoms with E-state index in [1.807, 2.05) is 84.9 Å². The Morgan fingerprint density at radius 1 is 0.500 bits per heavy atom. The number of methoxy groups -OCH3 is 2. The molecule has 0 aliphatic rings. The molecule has 0 amide bonds. The van der Waals surface area contributed by atoms with Gasteiger partial charge in [0.25, 0.3) is 0 Å². The van der Waals surface area contributed by atoms with E-state index in [2.05, 4.69) is 0 Å². The number of Topliss-reactive ketones (excluding diaryl/α,β-unsaturated/α-hetero) is 2. The number of carbonyl (C=O) groups is 2. The molecule has 4 aromatic rings. The molecule has 0 aliphatic heterocycles. The van der Waals surface area contributed by atoms with Crippen LogP contribution in [-0.2, 0) is 12.8 Å². The number of ketones is 2. The summed E-state index contributed by atoms with van der Waals surface area (Å²) in [5.41, 5.74) is 3.51. The molecule has 0 bridgehead atoms. The smallest absolute Gasteiger partial charge is 0.167 e. The third kappa shape index (κ3) is 7.45. The molecular weight excluding hydrogens is 424 g/mol. The molecule has 0 N–H and O–H groups in total. The highest BCUT2D eigenvalue weighted by Gasteiger charge is 2.07. The van der Waals surface area contributed by atoms with E-state index in [1.165, 1.54) is 0 Å². The molecule has 0 spiro atoms. The highest BCUT2D eigenvalue weighted by atomic mass is 16.5. The van der Waals surface area contributed by atoms with Crippen molar-refractivity contribution < 1.29 is 19.1 Å². The topological polar surface area (TPSA) is 52.6 Å². The average Bonchev–Trinajstić information content (AvgIpc) is 2.90. The maximum Gasteiger partial charge on any atom is 0.167 e. The second-order valence-corrected chi connectivity index (χ2v) is 7.63. The van der Waals surface area contributed by atoms with Gasteiger partial charge in [0.05, 0.1) is 14.2 Å². The van der Waals surface area contributed by atoms with Gasteiger partial charge in [-0.15, -0.1) is 0 Å². The molecule has 0 unspecified atom stereocenters. The van der Waals surface area contributed by atoms with Crippen molar-refractivity contribution >= 4 is 11.6 Å². The molecular formula is C30H28O4. The molecule has 0 aliphatic carbocycles. The second-order valence-electron chi connectivity index (χ2n) is 7.63. The van der Waals surface area contributed by atoms with E-state index in [-0.39, 0.29) is 11.6 Å². The predicted molar refractivity (Wildman–Crippen MR) is 135 cm³/mol. The summed E-state index contributed by atoms with van der Waals surface area (Å²) in [5.74, 6) is 1.83. The largest absolute Gasteiger partial charge is 0.497 e. The van der Waals surface area contributed by atoms with Crippen LogP contribution < -0.4 is 9.47 Å². The van der Waals surface area contributed by atoms with Crippen molar-refractivity contribution in [3.63, 3.8) is 0 Å². The quantitative estimate of drug-likeness (QED) is 0.297. The van der Waals surface area contributed by atoms with E-state index < -0.39 is 0 Å². The molecule has 0 atom stereocenters. The summed E-state index contributed by atoms with van der Waals surface area (Å²) in [6.45, 7) is 0. The highest BCUT2D eigenvalue weighted by Crippen LogP contribution is 2.14. The molecule has 0 radical (unpaired) electrons. The first-order valence-electron chi connectivity index (χ1n) is 11.0. The van der Waals surface area contributed by atoms with E-state index in [9.17, 15) is 9.59 Å². The van der Waals surface area contributed by atoms with Gasteiger partial charge in [-0.05, 0) is 47.5 Å². The molecule has 172 valence electrons. The van der Waals surface area contributed by atoms with Gasteiger partial charge in [-0.3, -0.25) is 9.59 Å². The van der Waals surface area contributed by atoms with E-state index in [0.29, 0.717) is 12.8 Å². The van der Waals surface area contributed by atoms with Crippen LogP contribution in [0.1, 0.15) is 31.8 Å². The molecule has 0 heterocycles. The van der Waals surface area contributed by atoms with Gasteiger partial charge in [0, 0.05) is 24.0 Å². The van der Waals surface area contributed by atoms with Gasteiger partial charge >= 0.3 is 0 Å². The van der Waals surface area contributed by atoms with Crippen molar-refractivity contribution in [3.05, 3.63) is 131 Å². The number of hydrogen-bond donors (Lipinski definition) is 0. The Hall–Kier alpha value is -4.18. The average molecular weight is 453 g/mol. The van der Waals surface area contributed by atoms with Crippen molar-refractivity contribution in [3.8, 4) is 11.5 Å². The van der Waals surface area contributed by atoms with Crippen LogP contribution in [0.15, 0.2) is 109 Å². The lowest BCUT2D eigenvalue weighted by molar-refractivity contribution is 0.0984. The van der Waals surface area contributed by atoms with Crippen LogP contribution in [0.25, 0.3) is 0 Å². The summed E-state index contributed by atoms with van der Waals surface area (Å²) in [6.07, 6.45) is 0.862. The van der Waals surface area contributed by atoms with Gasteiger partial charge in [-0.1, -0.05) is 72.8 Å². The minimum Gasteiger partial charge on any atom is -0.497 e. The fraction of sp³-hybridized carbons (Fsp3) is 0.133. The van der Waals surface area contributed by atoms with Crippen molar-refractivity contribution in [2.24, 2.45) is 0 Å². The maximum atomic E-state index is 12.0. The first-order valence-corrected chi connectivity index (χ1v) is 11.0. The lowest BCUT2D eigenvalue weighted by Gasteiger charge is -2.03. The summed E-state index contributed by atoms with van der Waals surface area (Å²) in [5, 5.41) is 0.